The lowest BCUT2D eigenvalue weighted by molar-refractivity contribution is -0.136. The van der Waals surface area contributed by atoms with E-state index < -0.39 is 11.8 Å². The molecule has 8 nitrogen and oxygen atoms in total. The summed E-state index contributed by atoms with van der Waals surface area (Å²) < 4.78 is 6.94. The Kier molecular flexibility index (Phi) is 7.45. The lowest BCUT2D eigenvalue weighted by atomic mass is 10.1. The number of carbonyl (C=O) groups is 2. The van der Waals surface area contributed by atoms with Crippen LogP contribution in [-0.2, 0) is 9.59 Å². The first-order chi connectivity index (χ1) is 16.9. The minimum absolute atomic E-state index is 0.254. The summed E-state index contributed by atoms with van der Waals surface area (Å²) in [7, 11) is 1.59. The minimum atomic E-state index is -0.950. The molecule has 176 valence electrons. The number of rotatable bonds is 6. The summed E-state index contributed by atoms with van der Waals surface area (Å²) in [5, 5.41) is 11.7. The fraction of sp³-hybridized carbons (Fsp3) is 0.0400. The third-order valence-corrected chi connectivity index (χ3v) is 5.62. The van der Waals surface area contributed by atoms with Gasteiger partial charge in [0.05, 0.1) is 29.1 Å². The van der Waals surface area contributed by atoms with E-state index in [4.69, 9.17) is 27.9 Å². The third kappa shape index (κ3) is 5.87. The molecule has 0 unspecified atom stereocenters. The molecule has 0 aliphatic carbocycles. The largest absolute Gasteiger partial charge is 0.497 e. The SMILES string of the molecule is COc1ccc(-c2nn(-c3ccccc3)cc2/C=N/NC(=O)C(=O)Nc2ccc(Cl)c(Cl)c2)cc1. The highest BCUT2D eigenvalue weighted by Crippen LogP contribution is 2.26. The number of anilines is 1. The Balaban J connectivity index is 1.53. The van der Waals surface area contributed by atoms with Gasteiger partial charge in [0, 0.05) is 23.0 Å². The van der Waals surface area contributed by atoms with Crippen molar-refractivity contribution < 1.29 is 14.3 Å². The second-order valence-corrected chi connectivity index (χ2v) is 8.04. The van der Waals surface area contributed by atoms with Crippen LogP contribution in [0.15, 0.2) is 84.1 Å². The Hall–Kier alpha value is -4.14. The van der Waals surface area contributed by atoms with Gasteiger partial charge in [-0.1, -0.05) is 41.4 Å². The van der Waals surface area contributed by atoms with Gasteiger partial charge in [0.2, 0.25) is 0 Å². The second-order valence-electron chi connectivity index (χ2n) is 7.22. The fourth-order valence-corrected chi connectivity index (χ4v) is 3.44. The molecule has 3 aromatic carbocycles. The number of hydrogen-bond acceptors (Lipinski definition) is 5. The van der Waals surface area contributed by atoms with E-state index in [-0.39, 0.29) is 5.02 Å². The molecule has 0 fully saturated rings. The molecule has 0 aliphatic heterocycles. The molecule has 4 rings (SSSR count). The molecule has 0 spiro atoms. The van der Waals surface area contributed by atoms with Crippen molar-refractivity contribution in [3.8, 4) is 22.7 Å². The molecule has 35 heavy (non-hydrogen) atoms. The summed E-state index contributed by atoms with van der Waals surface area (Å²) in [6.45, 7) is 0. The van der Waals surface area contributed by atoms with Gasteiger partial charge in [0.1, 0.15) is 11.4 Å². The van der Waals surface area contributed by atoms with Crippen LogP contribution in [0, 0.1) is 0 Å². The van der Waals surface area contributed by atoms with Crippen LogP contribution in [0.1, 0.15) is 5.56 Å². The average molecular weight is 508 g/mol. The predicted molar refractivity (Wildman–Crippen MR) is 136 cm³/mol. The molecule has 0 atom stereocenters. The van der Waals surface area contributed by atoms with Gasteiger partial charge in [-0.05, 0) is 54.6 Å². The summed E-state index contributed by atoms with van der Waals surface area (Å²) in [6, 6.07) is 21.4. The Morgan fingerprint density at radius 1 is 0.971 bits per heavy atom. The molecular weight excluding hydrogens is 489 g/mol. The zero-order valence-corrected chi connectivity index (χ0v) is 19.9. The molecule has 0 saturated carbocycles. The molecular formula is C25H19Cl2N5O3. The van der Waals surface area contributed by atoms with Gasteiger partial charge in [0.25, 0.3) is 0 Å². The highest BCUT2D eigenvalue weighted by Gasteiger charge is 2.15. The van der Waals surface area contributed by atoms with Crippen LogP contribution in [0.4, 0.5) is 5.69 Å². The molecule has 1 aromatic heterocycles. The van der Waals surface area contributed by atoms with Crippen molar-refractivity contribution >= 4 is 46.9 Å². The lowest BCUT2D eigenvalue weighted by Gasteiger charge is -2.05. The van der Waals surface area contributed by atoms with Crippen molar-refractivity contribution in [2.24, 2.45) is 5.10 Å². The molecule has 0 radical (unpaired) electrons. The quantitative estimate of drug-likeness (QED) is 0.219. The lowest BCUT2D eigenvalue weighted by Crippen LogP contribution is -2.32. The zero-order valence-electron chi connectivity index (χ0n) is 18.4. The van der Waals surface area contributed by atoms with E-state index in [0.29, 0.717) is 27.7 Å². The summed E-state index contributed by atoms with van der Waals surface area (Å²) in [4.78, 5) is 24.4. The fourth-order valence-electron chi connectivity index (χ4n) is 3.14. The third-order valence-electron chi connectivity index (χ3n) is 4.88. The Labute approximate surface area is 211 Å². The first-order valence-corrected chi connectivity index (χ1v) is 11.1. The summed E-state index contributed by atoms with van der Waals surface area (Å²) in [6.07, 6.45) is 3.21. The zero-order chi connectivity index (χ0) is 24.8. The van der Waals surface area contributed by atoms with Crippen molar-refractivity contribution in [2.45, 2.75) is 0 Å². The van der Waals surface area contributed by atoms with Gasteiger partial charge < -0.3 is 10.1 Å². The van der Waals surface area contributed by atoms with Gasteiger partial charge in [-0.3, -0.25) is 9.59 Å². The van der Waals surface area contributed by atoms with Crippen LogP contribution in [0.25, 0.3) is 16.9 Å². The topological polar surface area (TPSA) is 97.6 Å². The number of benzene rings is 3. The molecule has 2 N–H and O–H groups in total. The number of hydrazone groups is 1. The van der Waals surface area contributed by atoms with Gasteiger partial charge in [-0.25, -0.2) is 10.1 Å². The first kappa shape index (κ1) is 24.0. The number of amides is 2. The van der Waals surface area contributed by atoms with Crippen LogP contribution in [0.2, 0.25) is 10.0 Å². The number of para-hydroxylation sites is 1. The minimum Gasteiger partial charge on any atom is -0.497 e. The summed E-state index contributed by atoms with van der Waals surface area (Å²) in [5.41, 5.74) is 5.49. The van der Waals surface area contributed by atoms with Crippen molar-refractivity contribution in [3.05, 3.63) is 94.6 Å². The molecule has 0 aliphatic rings. The van der Waals surface area contributed by atoms with Crippen molar-refractivity contribution in [1.82, 2.24) is 15.2 Å². The number of nitrogens with one attached hydrogen (secondary N) is 2. The summed E-state index contributed by atoms with van der Waals surface area (Å²) in [5.74, 6) is -1.14. The number of nitrogens with zero attached hydrogens (tertiary/aromatic N) is 3. The standard InChI is InChI=1S/C25H19Cl2N5O3/c1-35-20-10-7-16(8-11-20)23-17(15-32(31-23)19-5-3-2-4-6-19)14-28-30-25(34)24(33)29-18-9-12-21(26)22(27)13-18/h2-15H,1H3,(H,29,33)(H,30,34)/b28-14+. The number of carbonyl (C=O) groups excluding carboxylic acids is 2. The maximum Gasteiger partial charge on any atom is 0.329 e. The van der Waals surface area contributed by atoms with Crippen molar-refractivity contribution in [3.63, 3.8) is 0 Å². The van der Waals surface area contributed by atoms with E-state index >= 15 is 0 Å². The van der Waals surface area contributed by atoms with E-state index in [1.54, 1.807) is 18.0 Å². The van der Waals surface area contributed by atoms with Crippen LogP contribution in [-0.4, -0.2) is 34.9 Å². The number of methoxy groups -OCH3 is 1. The highest BCUT2D eigenvalue weighted by molar-refractivity contribution is 6.43. The Morgan fingerprint density at radius 2 is 1.71 bits per heavy atom. The van der Waals surface area contributed by atoms with E-state index in [1.807, 2.05) is 54.6 Å². The van der Waals surface area contributed by atoms with Crippen LogP contribution in [0.5, 0.6) is 5.75 Å². The van der Waals surface area contributed by atoms with Crippen molar-refractivity contribution in [2.75, 3.05) is 12.4 Å². The molecule has 0 bridgehead atoms. The monoisotopic (exact) mass is 507 g/mol. The molecule has 1 heterocycles. The maximum atomic E-state index is 12.2. The Bertz CT molecular complexity index is 1390. The highest BCUT2D eigenvalue weighted by atomic mass is 35.5. The maximum absolute atomic E-state index is 12.2. The normalized spacial score (nSPS) is 10.8. The van der Waals surface area contributed by atoms with Gasteiger partial charge in [-0.2, -0.15) is 10.2 Å². The van der Waals surface area contributed by atoms with Gasteiger partial charge in [0.15, 0.2) is 0 Å². The average Bonchev–Trinajstić information content (AvgIpc) is 3.31. The molecule has 10 heteroatoms. The number of hydrogen-bond donors (Lipinski definition) is 2. The van der Waals surface area contributed by atoms with Gasteiger partial charge >= 0.3 is 11.8 Å². The van der Waals surface area contributed by atoms with Crippen LogP contribution >= 0.6 is 23.2 Å². The summed E-state index contributed by atoms with van der Waals surface area (Å²) >= 11 is 11.8. The first-order valence-electron chi connectivity index (χ1n) is 10.3. The Morgan fingerprint density at radius 3 is 2.40 bits per heavy atom. The van der Waals surface area contributed by atoms with Crippen LogP contribution in [0.3, 0.4) is 0 Å². The van der Waals surface area contributed by atoms with E-state index in [0.717, 1.165) is 11.3 Å². The second kappa shape index (κ2) is 10.9. The predicted octanol–water partition coefficient (Wildman–Crippen LogP) is 4.94. The van der Waals surface area contributed by atoms with Gasteiger partial charge in [-0.15, -0.1) is 0 Å². The number of aromatic nitrogens is 2. The smallest absolute Gasteiger partial charge is 0.329 e. The number of halogens is 2. The van der Waals surface area contributed by atoms with Crippen molar-refractivity contribution in [1.29, 1.82) is 0 Å². The van der Waals surface area contributed by atoms with E-state index in [2.05, 4.69) is 20.9 Å². The molecule has 2 amide bonds. The van der Waals surface area contributed by atoms with E-state index in [9.17, 15) is 9.59 Å². The van der Waals surface area contributed by atoms with Crippen LogP contribution < -0.4 is 15.5 Å². The number of ether oxygens (including phenoxy) is 1. The van der Waals surface area contributed by atoms with E-state index in [1.165, 1.54) is 24.4 Å². The molecule has 0 saturated heterocycles. The molecule has 4 aromatic rings.